The van der Waals surface area contributed by atoms with Crippen molar-refractivity contribution in [2.45, 2.75) is 4.90 Å². The molecule has 0 bridgehead atoms. The molecule has 0 saturated carbocycles. The highest BCUT2D eigenvalue weighted by atomic mass is 32.2. The first-order valence-electron chi connectivity index (χ1n) is 4.03. The van der Waals surface area contributed by atoms with Gasteiger partial charge in [0, 0.05) is 11.1 Å². The molecule has 1 heterocycles. The maximum absolute atomic E-state index is 11.0. The number of rotatable bonds is 3. The Bertz CT molecular complexity index is 311. The Kier molecular flexibility index (Phi) is 3.91. The average molecular weight is 212 g/mol. The maximum atomic E-state index is 11.0. The Morgan fingerprint density at radius 3 is 2.64 bits per heavy atom. The third-order valence-corrected chi connectivity index (χ3v) is 2.24. The molecule has 1 aromatic heterocycles. The summed E-state index contributed by atoms with van der Waals surface area (Å²) in [5.41, 5.74) is 0.329. The smallest absolute Gasteiger partial charge is 0.356 e. The monoisotopic (exact) mass is 212 g/mol. The van der Waals surface area contributed by atoms with Crippen molar-refractivity contribution in [3.8, 4) is 0 Å². The van der Waals surface area contributed by atoms with Gasteiger partial charge in [0.2, 0.25) is 0 Å². The van der Waals surface area contributed by atoms with E-state index in [0.717, 1.165) is 4.90 Å². The number of aromatic nitrogens is 1. The van der Waals surface area contributed by atoms with Gasteiger partial charge in [-0.15, -0.1) is 0 Å². The molecular formula is C9H12N2O2S. The van der Waals surface area contributed by atoms with Gasteiger partial charge in [-0.3, -0.25) is 4.31 Å². The molecule has 1 aromatic rings. The zero-order chi connectivity index (χ0) is 10.6. The highest BCUT2D eigenvalue weighted by Crippen LogP contribution is 2.18. The molecule has 0 aliphatic carbocycles. The molecule has 0 amide bonds. The summed E-state index contributed by atoms with van der Waals surface area (Å²) in [5.74, 6) is -0.411. The molecule has 5 heteroatoms. The largest absolute Gasteiger partial charge is 0.464 e. The molecular weight excluding hydrogens is 200 g/mol. The van der Waals surface area contributed by atoms with Crippen molar-refractivity contribution in [2.24, 2.45) is 0 Å². The van der Waals surface area contributed by atoms with Crippen LogP contribution in [0.1, 0.15) is 10.5 Å². The minimum absolute atomic E-state index is 0.329. The summed E-state index contributed by atoms with van der Waals surface area (Å²) in [6, 6.07) is 3.49. The number of esters is 1. The average Bonchev–Trinajstić information content (AvgIpc) is 2.17. The zero-order valence-electron chi connectivity index (χ0n) is 8.35. The Morgan fingerprint density at radius 1 is 1.50 bits per heavy atom. The third-order valence-electron chi connectivity index (χ3n) is 1.42. The molecule has 0 fully saturated rings. The number of carbonyl (C=O) groups excluding carboxylic acids is 1. The molecule has 0 aliphatic rings. The quantitative estimate of drug-likeness (QED) is 0.560. The van der Waals surface area contributed by atoms with E-state index in [1.54, 1.807) is 24.2 Å². The highest BCUT2D eigenvalue weighted by molar-refractivity contribution is 7.97. The highest BCUT2D eigenvalue weighted by Gasteiger charge is 2.06. The Labute approximate surface area is 87.4 Å². The van der Waals surface area contributed by atoms with Gasteiger partial charge in [0.15, 0.2) is 0 Å². The van der Waals surface area contributed by atoms with Crippen LogP contribution in [-0.2, 0) is 4.74 Å². The van der Waals surface area contributed by atoms with Gasteiger partial charge >= 0.3 is 5.97 Å². The van der Waals surface area contributed by atoms with Gasteiger partial charge in [-0.25, -0.2) is 9.78 Å². The number of nitrogens with zero attached hydrogens (tertiary/aromatic N) is 2. The molecule has 0 N–H and O–H groups in total. The topological polar surface area (TPSA) is 42.4 Å². The number of methoxy groups -OCH3 is 1. The Balaban J connectivity index is 2.73. The van der Waals surface area contributed by atoms with E-state index in [9.17, 15) is 4.79 Å². The van der Waals surface area contributed by atoms with Crippen molar-refractivity contribution in [1.82, 2.24) is 9.29 Å². The number of hydrogen-bond acceptors (Lipinski definition) is 5. The Morgan fingerprint density at radius 2 is 2.21 bits per heavy atom. The van der Waals surface area contributed by atoms with Gasteiger partial charge in [0.25, 0.3) is 0 Å². The summed E-state index contributed by atoms with van der Waals surface area (Å²) in [6.07, 6.45) is 1.65. The number of carbonyl (C=O) groups is 1. The van der Waals surface area contributed by atoms with E-state index in [-0.39, 0.29) is 0 Å². The second-order valence-electron chi connectivity index (χ2n) is 2.77. The summed E-state index contributed by atoms with van der Waals surface area (Å²) < 4.78 is 6.49. The summed E-state index contributed by atoms with van der Waals surface area (Å²) >= 11 is 1.55. The summed E-state index contributed by atoms with van der Waals surface area (Å²) in [7, 11) is 5.23. The van der Waals surface area contributed by atoms with Gasteiger partial charge in [0.1, 0.15) is 5.69 Å². The minimum Gasteiger partial charge on any atom is -0.464 e. The fourth-order valence-electron chi connectivity index (χ4n) is 0.870. The maximum Gasteiger partial charge on any atom is 0.356 e. The van der Waals surface area contributed by atoms with E-state index in [1.807, 2.05) is 24.5 Å². The zero-order valence-corrected chi connectivity index (χ0v) is 9.17. The molecule has 4 nitrogen and oxygen atoms in total. The van der Waals surface area contributed by atoms with Crippen LogP contribution in [0.25, 0.3) is 0 Å². The van der Waals surface area contributed by atoms with Gasteiger partial charge in [-0.1, -0.05) is 0 Å². The SMILES string of the molecule is COC(=O)c1ccc(SN(C)C)cn1. The van der Waals surface area contributed by atoms with Crippen LogP contribution in [0, 0.1) is 0 Å². The third kappa shape index (κ3) is 3.01. The van der Waals surface area contributed by atoms with E-state index in [2.05, 4.69) is 9.72 Å². The van der Waals surface area contributed by atoms with E-state index >= 15 is 0 Å². The van der Waals surface area contributed by atoms with E-state index in [1.165, 1.54) is 7.11 Å². The van der Waals surface area contributed by atoms with Crippen LogP contribution in [0.3, 0.4) is 0 Å². The van der Waals surface area contributed by atoms with Crippen molar-refractivity contribution >= 4 is 17.9 Å². The Hall–Kier alpha value is -1.07. The van der Waals surface area contributed by atoms with Gasteiger partial charge in [0.05, 0.1) is 7.11 Å². The van der Waals surface area contributed by atoms with Crippen LogP contribution in [0.4, 0.5) is 0 Å². The molecule has 0 saturated heterocycles. The number of ether oxygens (including phenoxy) is 1. The first kappa shape index (κ1) is 11.0. The summed E-state index contributed by atoms with van der Waals surface area (Å²) in [5, 5.41) is 0. The van der Waals surface area contributed by atoms with E-state index < -0.39 is 5.97 Å². The molecule has 0 aliphatic heterocycles. The summed E-state index contributed by atoms with van der Waals surface area (Å²) in [6.45, 7) is 0. The molecule has 0 unspecified atom stereocenters. The van der Waals surface area contributed by atoms with Crippen LogP contribution in [0.2, 0.25) is 0 Å². The van der Waals surface area contributed by atoms with Gasteiger partial charge in [-0.2, -0.15) is 0 Å². The minimum atomic E-state index is -0.411. The van der Waals surface area contributed by atoms with Crippen LogP contribution in [0.5, 0.6) is 0 Å². The van der Waals surface area contributed by atoms with Gasteiger partial charge in [-0.05, 0) is 38.2 Å². The van der Waals surface area contributed by atoms with E-state index in [4.69, 9.17) is 0 Å². The molecule has 1 rings (SSSR count). The van der Waals surface area contributed by atoms with Gasteiger partial charge < -0.3 is 4.74 Å². The van der Waals surface area contributed by atoms with Crippen molar-refractivity contribution in [2.75, 3.05) is 21.2 Å². The fourth-order valence-corrected chi connectivity index (χ4v) is 1.52. The number of hydrogen-bond donors (Lipinski definition) is 0. The standard InChI is InChI=1S/C9H12N2O2S/c1-11(2)14-7-4-5-8(10-6-7)9(12)13-3/h4-6H,1-3H3. The molecule has 0 aromatic carbocycles. The first-order valence-corrected chi connectivity index (χ1v) is 4.80. The van der Waals surface area contributed by atoms with Crippen LogP contribution >= 0.6 is 11.9 Å². The molecule has 0 radical (unpaired) electrons. The summed E-state index contributed by atoms with van der Waals surface area (Å²) in [4.78, 5) is 16.0. The van der Waals surface area contributed by atoms with Crippen LogP contribution < -0.4 is 0 Å². The first-order chi connectivity index (χ1) is 6.63. The predicted octanol–water partition coefficient (Wildman–Crippen LogP) is 1.44. The molecule has 14 heavy (non-hydrogen) atoms. The van der Waals surface area contributed by atoms with Crippen molar-refractivity contribution in [1.29, 1.82) is 0 Å². The fraction of sp³-hybridized carbons (Fsp3) is 0.333. The predicted molar refractivity (Wildman–Crippen MR) is 55.1 cm³/mol. The molecule has 0 spiro atoms. The van der Waals surface area contributed by atoms with E-state index in [0.29, 0.717) is 5.69 Å². The van der Waals surface area contributed by atoms with Crippen LogP contribution in [-0.4, -0.2) is 36.5 Å². The normalized spacial score (nSPS) is 10.3. The second kappa shape index (κ2) is 4.97. The molecule has 76 valence electrons. The van der Waals surface area contributed by atoms with Crippen molar-refractivity contribution < 1.29 is 9.53 Å². The second-order valence-corrected chi connectivity index (χ2v) is 4.16. The van der Waals surface area contributed by atoms with Crippen LogP contribution in [0.15, 0.2) is 23.2 Å². The lowest BCUT2D eigenvalue weighted by atomic mass is 10.3. The molecule has 0 atom stereocenters. The van der Waals surface area contributed by atoms with Crippen molar-refractivity contribution in [3.05, 3.63) is 24.0 Å². The van der Waals surface area contributed by atoms with Crippen molar-refractivity contribution in [3.63, 3.8) is 0 Å². The lowest BCUT2D eigenvalue weighted by Gasteiger charge is -2.07. The lowest BCUT2D eigenvalue weighted by Crippen LogP contribution is -2.04. The lowest BCUT2D eigenvalue weighted by molar-refractivity contribution is 0.0594. The number of pyridine rings is 1.